The van der Waals surface area contributed by atoms with Crippen LogP contribution in [0.25, 0.3) is 11.2 Å². The van der Waals surface area contributed by atoms with Crippen molar-refractivity contribution >= 4 is 40.1 Å². The van der Waals surface area contributed by atoms with E-state index in [2.05, 4.69) is 30.6 Å². The summed E-state index contributed by atoms with van der Waals surface area (Å²) < 4.78 is 1.87. The molecule has 1 aromatic carbocycles. The van der Waals surface area contributed by atoms with Crippen LogP contribution in [-0.2, 0) is 7.05 Å². The van der Waals surface area contributed by atoms with Gasteiger partial charge < -0.3 is 20.2 Å². The van der Waals surface area contributed by atoms with Crippen LogP contribution in [-0.4, -0.2) is 50.2 Å². The topological polar surface area (TPSA) is 113 Å². The van der Waals surface area contributed by atoms with Gasteiger partial charge in [0.05, 0.1) is 23.5 Å². The fourth-order valence-corrected chi connectivity index (χ4v) is 3.79. The van der Waals surface area contributed by atoms with Gasteiger partial charge in [0.2, 0.25) is 0 Å². The first-order valence-electron chi connectivity index (χ1n) is 10.00. The van der Waals surface area contributed by atoms with Crippen LogP contribution in [0.2, 0.25) is 5.02 Å². The Bertz CT molecular complexity index is 1320. The number of aryl methyl sites for hydroxylation is 1. The quantitative estimate of drug-likeness (QED) is 0.390. The number of H-pyrrole nitrogens is 1. The van der Waals surface area contributed by atoms with Crippen molar-refractivity contribution in [1.82, 2.24) is 29.8 Å². The van der Waals surface area contributed by atoms with Gasteiger partial charge in [0.25, 0.3) is 5.91 Å². The van der Waals surface area contributed by atoms with Crippen LogP contribution in [0.3, 0.4) is 0 Å². The maximum atomic E-state index is 13.0. The van der Waals surface area contributed by atoms with E-state index in [1.165, 1.54) is 0 Å². The highest BCUT2D eigenvalue weighted by Crippen LogP contribution is 2.24. The number of nitrogens with zero attached hydrogens (tertiary/aromatic N) is 5. The van der Waals surface area contributed by atoms with E-state index in [-0.39, 0.29) is 11.9 Å². The van der Waals surface area contributed by atoms with Crippen molar-refractivity contribution in [2.45, 2.75) is 13.0 Å². The van der Waals surface area contributed by atoms with E-state index in [9.17, 15) is 4.79 Å². The fraction of sp³-hybridized carbons (Fsp3) is 0.227. The molecule has 9 nitrogen and oxygen atoms in total. The Hall–Kier alpha value is -3.72. The third kappa shape index (κ3) is 3.94. The number of carbonyl (C=O) groups is 1. The van der Waals surface area contributed by atoms with E-state index < -0.39 is 0 Å². The molecule has 0 saturated carbocycles. The lowest BCUT2D eigenvalue weighted by Crippen LogP contribution is -2.28. The average molecular weight is 451 g/mol. The molecule has 0 aliphatic heterocycles. The summed E-state index contributed by atoms with van der Waals surface area (Å²) >= 11 is 6.13. The van der Waals surface area contributed by atoms with Gasteiger partial charge in [-0.25, -0.2) is 15.0 Å². The number of aromatic amines is 1. The van der Waals surface area contributed by atoms with Gasteiger partial charge in [0.1, 0.15) is 17.0 Å². The first-order valence-corrected chi connectivity index (χ1v) is 10.4. The van der Waals surface area contributed by atoms with Crippen LogP contribution in [0.1, 0.15) is 40.4 Å². The van der Waals surface area contributed by atoms with Crippen LogP contribution in [0.15, 0.2) is 48.0 Å². The van der Waals surface area contributed by atoms with Crippen LogP contribution in [0.4, 0.5) is 5.69 Å². The third-order valence-electron chi connectivity index (χ3n) is 5.19. The number of imidazole rings is 1. The highest BCUT2D eigenvalue weighted by molar-refractivity contribution is 6.31. The lowest BCUT2D eigenvalue weighted by molar-refractivity contribution is 0.0939. The first kappa shape index (κ1) is 21.5. The smallest absolute Gasteiger partial charge is 0.255 e. The Kier molecular flexibility index (Phi) is 5.91. The first-order chi connectivity index (χ1) is 15.4. The van der Waals surface area contributed by atoms with E-state index in [4.69, 9.17) is 16.6 Å². The van der Waals surface area contributed by atoms with E-state index >= 15 is 0 Å². The van der Waals surface area contributed by atoms with Crippen molar-refractivity contribution in [3.63, 3.8) is 0 Å². The van der Waals surface area contributed by atoms with Gasteiger partial charge in [-0.3, -0.25) is 9.79 Å². The maximum absolute atomic E-state index is 13.0. The normalized spacial score (nSPS) is 12.7. The van der Waals surface area contributed by atoms with Crippen molar-refractivity contribution in [2.75, 3.05) is 19.4 Å². The van der Waals surface area contributed by atoms with E-state index in [0.717, 1.165) is 17.1 Å². The van der Waals surface area contributed by atoms with Crippen LogP contribution >= 0.6 is 11.6 Å². The molecule has 10 heteroatoms. The Balaban J connectivity index is 1.70. The standard InChI is InChI=1S/C22H23ClN8O/c1-12(21-26-7-8-31(21)4)29-22(32)15-10-27-20-19(15)30-17(11-28-20)18(25-3)14-6-5-13(23)9-16(14)24-2/h5-12,24H,1-4H3,(H,27,28)(H,29,32)/b25-18+. The van der Waals surface area contributed by atoms with Gasteiger partial charge in [-0.15, -0.1) is 0 Å². The van der Waals surface area contributed by atoms with Crippen LogP contribution in [0, 0.1) is 0 Å². The second-order valence-corrected chi connectivity index (χ2v) is 7.69. The van der Waals surface area contributed by atoms with Gasteiger partial charge in [0, 0.05) is 56.0 Å². The molecular formula is C22H23ClN8O. The number of rotatable bonds is 6. The SMILES string of the molecule is C/N=C(/c1cnc2[nH]cc(C(=O)NC(C)c3nccn3C)c2n1)c1ccc(Cl)cc1NC. The Morgan fingerprint density at radius 1 is 1.28 bits per heavy atom. The van der Waals surface area contributed by atoms with Gasteiger partial charge in [-0.2, -0.15) is 0 Å². The summed E-state index contributed by atoms with van der Waals surface area (Å²) in [6.45, 7) is 1.88. The molecule has 3 N–H and O–H groups in total. The number of halogens is 1. The molecule has 1 atom stereocenters. The van der Waals surface area contributed by atoms with Gasteiger partial charge >= 0.3 is 0 Å². The molecule has 0 fully saturated rings. The van der Waals surface area contributed by atoms with E-state index in [1.807, 2.05) is 43.9 Å². The second kappa shape index (κ2) is 8.80. The van der Waals surface area contributed by atoms with Crippen LogP contribution < -0.4 is 10.6 Å². The lowest BCUT2D eigenvalue weighted by atomic mass is 10.0. The molecule has 1 amide bonds. The summed E-state index contributed by atoms with van der Waals surface area (Å²) in [5, 5.41) is 6.71. The van der Waals surface area contributed by atoms with E-state index in [1.54, 1.807) is 31.7 Å². The molecule has 0 aliphatic rings. The van der Waals surface area contributed by atoms with Crippen molar-refractivity contribution in [3.8, 4) is 0 Å². The number of carbonyl (C=O) groups excluding carboxylic acids is 1. The predicted molar refractivity (Wildman–Crippen MR) is 126 cm³/mol. The molecular weight excluding hydrogens is 428 g/mol. The number of anilines is 1. The largest absolute Gasteiger partial charge is 0.388 e. The maximum Gasteiger partial charge on any atom is 0.255 e. The number of benzene rings is 1. The summed E-state index contributed by atoms with van der Waals surface area (Å²) in [7, 11) is 5.39. The zero-order chi connectivity index (χ0) is 22.8. The third-order valence-corrected chi connectivity index (χ3v) is 5.43. The molecule has 3 heterocycles. The minimum Gasteiger partial charge on any atom is -0.388 e. The molecule has 0 saturated heterocycles. The summed E-state index contributed by atoms with van der Waals surface area (Å²) in [5.74, 6) is 0.489. The monoisotopic (exact) mass is 450 g/mol. The second-order valence-electron chi connectivity index (χ2n) is 7.26. The highest BCUT2D eigenvalue weighted by atomic mass is 35.5. The van der Waals surface area contributed by atoms with Crippen molar-refractivity contribution in [3.05, 3.63) is 70.7 Å². The minimum absolute atomic E-state index is 0.268. The number of aliphatic imine (C=N–C) groups is 1. The molecule has 0 bridgehead atoms. The Labute approximate surface area is 190 Å². The molecule has 164 valence electrons. The van der Waals surface area contributed by atoms with E-state index in [0.29, 0.717) is 33.2 Å². The number of aromatic nitrogens is 5. The number of hydrogen-bond donors (Lipinski definition) is 3. The number of nitrogens with one attached hydrogen (secondary N) is 3. The Morgan fingerprint density at radius 3 is 2.78 bits per heavy atom. The van der Waals surface area contributed by atoms with Crippen LogP contribution in [0.5, 0.6) is 0 Å². The van der Waals surface area contributed by atoms with Crippen molar-refractivity contribution in [1.29, 1.82) is 0 Å². The summed E-state index contributed by atoms with van der Waals surface area (Å²) in [5.41, 5.74) is 4.21. The zero-order valence-corrected chi connectivity index (χ0v) is 18.9. The number of amides is 1. The highest BCUT2D eigenvalue weighted by Gasteiger charge is 2.21. The van der Waals surface area contributed by atoms with Gasteiger partial charge in [-0.1, -0.05) is 11.6 Å². The van der Waals surface area contributed by atoms with Gasteiger partial charge in [0.15, 0.2) is 5.65 Å². The van der Waals surface area contributed by atoms with Gasteiger partial charge in [-0.05, 0) is 25.1 Å². The summed E-state index contributed by atoms with van der Waals surface area (Å²) in [6.07, 6.45) is 6.78. The number of fused-ring (bicyclic) bond motifs is 1. The Morgan fingerprint density at radius 2 is 2.09 bits per heavy atom. The van der Waals surface area contributed by atoms with Crippen molar-refractivity contribution < 1.29 is 4.79 Å². The van der Waals surface area contributed by atoms with Crippen molar-refractivity contribution in [2.24, 2.45) is 12.0 Å². The average Bonchev–Trinajstić information content (AvgIpc) is 3.41. The fourth-order valence-electron chi connectivity index (χ4n) is 3.61. The minimum atomic E-state index is -0.274. The lowest BCUT2D eigenvalue weighted by Gasteiger charge is -2.13. The summed E-state index contributed by atoms with van der Waals surface area (Å²) in [6, 6.07) is 5.22. The zero-order valence-electron chi connectivity index (χ0n) is 18.1. The molecule has 32 heavy (non-hydrogen) atoms. The predicted octanol–water partition coefficient (Wildman–Crippen LogP) is 3.34. The molecule has 4 rings (SSSR count). The number of hydrogen-bond acceptors (Lipinski definition) is 6. The molecule has 4 aromatic rings. The summed E-state index contributed by atoms with van der Waals surface area (Å²) in [4.78, 5) is 33.9. The molecule has 0 spiro atoms. The molecule has 3 aromatic heterocycles. The molecule has 1 unspecified atom stereocenters. The molecule has 0 radical (unpaired) electrons. The molecule has 0 aliphatic carbocycles.